The molecule has 0 amide bonds. The number of aromatic nitrogens is 1. The van der Waals surface area contributed by atoms with Crippen LogP contribution >= 0.6 is 46.4 Å². The first kappa shape index (κ1) is 13.9. The Balaban J connectivity index is 2.58. The standard InChI is InChI=1S/C12H7Cl4NO/c13-8-3-7(4-9(14)12(8)16)10-1-6(5-18)2-11(15)17-10/h1-4,18H,5H2. The van der Waals surface area contributed by atoms with E-state index in [-0.39, 0.29) is 6.61 Å². The molecule has 2 aromatic rings. The van der Waals surface area contributed by atoms with Crippen LogP contribution in [0.1, 0.15) is 5.56 Å². The number of nitrogens with zero attached hydrogens (tertiary/aromatic N) is 1. The maximum Gasteiger partial charge on any atom is 0.130 e. The smallest absolute Gasteiger partial charge is 0.130 e. The van der Waals surface area contributed by atoms with Crippen LogP contribution in [0.2, 0.25) is 20.2 Å². The van der Waals surface area contributed by atoms with Gasteiger partial charge in [-0.15, -0.1) is 0 Å². The van der Waals surface area contributed by atoms with Crippen molar-refractivity contribution in [1.29, 1.82) is 0 Å². The molecule has 0 aliphatic rings. The summed E-state index contributed by atoms with van der Waals surface area (Å²) in [7, 11) is 0. The number of pyridine rings is 1. The molecule has 0 bridgehead atoms. The lowest BCUT2D eigenvalue weighted by molar-refractivity contribution is 0.282. The van der Waals surface area contributed by atoms with E-state index in [0.717, 1.165) is 0 Å². The fraction of sp³-hybridized carbons (Fsp3) is 0.0833. The predicted molar refractivity (Wildman–Crippen MR) is 75.6 cm³/mol. The van der Waals surface area contributed by atoms with Gasteiger partial charge in [-0.1, -0.05) is 46.4 Å². The molecule has 0 atom stereocenters. The monoisotopic (exact) mass is 321 g/mol. The molecular weight excluding hydrogens is 316 g/mol. The third-order valence-electron chi connectivity index (χ3n) is 2.32. The van der Waals surface area contributed by atoms with Gasteiger partial charge in [0.25, 0.3) is 0 Å². The minimum absolute atomic E-state index is 0.121. The number of hydrogen-bond acceptors (Lipinski definition) is 2. The zero-order valence-electron chi connectivity index (χ0n) is 8.92. The van der Waals surface area contributed by atoms with E-state index in [1.807, 2.05) is 0 Å². The maximum atomic E-state index is 9.13. The Morgan fingerprint density at radius 1 is 0.944 bits per heavy atom. The fourth-order valence-electron chi connectivity index (χ4n) is 1.49. The van der Waals surface area contributed by atoms with E-state index in [1.165, 1.54) is 0 Å². The van der Waals surface area contributed by atoms with Gasteiger partial charge in [0.1, 0.15) is 5.15 Å². The molecule has 94 valence electrons. The van der Waals surface area contributed by atoms with Crippen molar-refractivity contribution in [2.45, 2.75) is 6.61 Å². The van der Waals surface area contributed by atoms with Crippen LogP contribution < -0.4 is 0 Å². The van der Waals surface area contributed by atoms with E-state index in [9.17, 15) is 0 Å². The second-order valence-corrected chi connectivity index (χ2v) is 5.17. The number of hydrogen-bond donors (Lipinski definition) is 1. The third kappa shape index (κ3) is 2.90. The lowest BCUT2D eigenvalue weighted by atomic mass is 10.1. The van der Waals surface area contributed by atoms with Crippen LogP contribution in [0.15, 0.2) is 24.3 Å². The molecular formula is C12H7Cl4NO. The molecule has 0 spiro atoms. The molecule has 0 saturated heterocycles. The van der Waals surface area contributed by atoms with Crippen molar-refractivity contribution in [3.63, 3.8) is 0 Å². The molecule has 2 rings (SSSR count). The summed E-state index contributed by atoms with van der Waals surface area (Å²) in [6, 6.07) is 6.59. The second-order valence-electron chi connectivity index (χ2n) is 3.60. The van der Waals surface area contributed by atoms with Gasteiger partial charge in [0, 0.05) is 5.56 Å². The Kier molecular flexibility index (Phi) is 4.36. The van der Waals surface area contributed by atoms with Gasteiger partial charge in [-0.25, -0.2) is 4.98 Å². The van der Waals surface area contributed by atoms with E-state index in [2.05, 4.69) is 4.98 Å². The molecule has 0 saturated carbocycles. The largest absolute Gasteiger partial charge is 0.392 e. The summed E-state index contributed by atoms with van der Waals surface area (Å²) in [5, 5.41) is 10.4. The average Bonchev–Trinajstić information content (AvgIpc) is 2.34. The third-order valence-corrected chi connectivity index (χ3v) is 3.71. The SMILES string of the molecule is OCc1cc(Cl)nc(-c2cc(Cl)c(Cl)c(Cl)c2)c1. The number of benzene rings is 1. The predicted octanol–water partition coefficient (Wildman–Crippen LogP) is 4.85. The highest BCUT2D eigenvalue weighted by Crippen LogP contribution is 2.35. The summed E-state index contributed by atoms with van der Waals surface area (Å²) in [5.41, 5.74) is 1.92. The molecule has 0 fully saturated rings. The number of aliphatic hydroxyl groups is 1. The van der Waals surface area contributed by atoms with Gasteiger partial charge in [-0.05, 0) is 29.8 Å². The first-order valence-corrected chi connectivity index (χ1v) is 6.44. The Hall–Kier alpha value is -0.510. The Bertz CT molecular complexity index is 578. The van der Waals surface area contributed by atoms with Gasteiger partial charge in [-0.2, -0.15) is 0 Å². The molecule has 6 heteroatoms. The Morgan fingerprint density at radius 2 is 1.56 bits per heavy atom. The van der Waals surface area contributed by atoms with Crippen LogP contribution in [-0.4, -0.2) is 10.1 Å². The van der Waals surface area contributed by atoms with Crippen LogP contribution in [0.3, 0.4) is 0 Å². The van der Waals surface area contributed by atoms with Gasteiger partial charge < -0.3 is 5.11 Å². The molecule has 0 aliphatic heterocycles. The molecule has 0 radical (unpaired) electrons. The highest BCUT2D eigenvalue weighted by Gasteiger charge is 2.10. The van der Waals surface area contributed by atoms with Crippen LogP contribution in [0.25, 0.3) is 11.3 Å². The van der Waals surface area contributed by atoms with Gasteiger partial charge in [-0.3, -0.25) is 0 Å². The van der Waals surface area contributed by atoms with Crippen molar-refractivity contribution in [3.8, 4) is 11.3 Å². The van der Waals surface area contributed by atoms with Crippen LogP contribution in [0.4, 0.5) is 0 Å². The Labute approximate surface area is 124 Å². The van der Waals surface area contributed by atoms with Crippen molar-refractivity contribution >= 4 is 46.4 Å². The summed E-state index contributed by atoms with van der Waals surface area (Å²) in [6.45, 7) is -0.121. The van der Waals surface area contributed by atoms with Crippen LogP contribution in [0.5, 0.6) is 0 Å². The van der Waals surface area contributed by atoms with Crippen molar-refractivity contribution in [3.05, 3.63) is 50.0 Å². The van der Waals surface area contributed by atoms with Crippen LogP contribution in [-0.2, 0) is 6.61 Å². The second kappa shape index (κ2) is 5.64. The van der Waals surface area contributed by atoms with Crippen molar-refractivity contribution in [1.82, 2.24) is 4.98 Å². The van der Waals surface area contributed by atoms with Crippen molar-refractivity contribution in [2.75, 3.05) is 0 Å². The maximum absolute atomic E-state index is 9.13. The zero-order chi connectivity index (χ0) is 13.3. The van der Waals surface area contributed by atoms with Crippen LogP contribution in [0, 0.1) is 0 Å². The van der Waals surface area contributed by atoms with Gasteiger partial charge in [0.2, 0.25) is 0 Å². The summed E-state index contributed by atoms with van der Waals surface area (Å²) in [6.07, 6.45) is 0. The summed E-state index contributed by atoms with van der Waals surface area (Å²) in [4.78, 5) is 4.16. The van der Waals surface area contributed by atoms with Crippen molar-refractivity contribution < 1.29 is 5.11 Å². The van der Waals surface area contributed by atoms with Gasteiger partial charge >= 0.3 is 0 Å². The first-order valence-electron chi connectivity index (χ1n) is 4.93. The van der Waals surface area contributed by atoms with E-state index in [1.54, 1.807) is 24.3 Å². The summed E-state index contributed by atoms with van der Waals surface area (Å²) in [5.74, 6) is 0. The molecule has 0 unspecified atom stereocenters. The topological polar surface area (TPSA) is 33.1 Å². The molecule has 1 heterocycles. The molecule has 0 aliphatic carbocycles. The van der Waals surface area contributed by atoms with E-state index < -0.39 is 0 Å². The zero-order valence-corrected chi connectivity index (χ0v) is 11.9. The van der Waals surface area contributed by atoms with Gasteiger partial charge in [0.05, 0.1) is 27.4 Å². The molecule has 1 N–H and O–H groups in total. The van der Waals surface area contributed by atoms with Crippen molar-refractivity contribution in [2.24, 2.45) is 0 Å². The Morgan fingerprint density at radius 3 is 2.11 bits per heavy atom. The van der Waals surface area contributed by atoms with E-state index in [4.69, 9.17) is 51.5 Å². The lowest BCUT2D eigenvalue weighted by Gasteiger charge is -2.07. The summed E-state index contributed by atoms with van der Waals surface area (Å²) < 4.78 is 0. The highest BCUT2D eigenvalue weighted by molar-refractivity contribution is 6.48. The van der Waals surface area contributed by atoms with Gasteiger partial charge in [0.15, 0.2) is 0 Å². The first-order chi connectivity index (χ1) is 8.51. The molecule has 18 heavy (non-hydrogen) atoms. The normalized spacial score (nSPS) is 10.7. The molecule has 1 aromatic carbocycles. The number of aliphatic hydroxyl groups excluding tert-OH is 1. The minimum Gasteiger partial charge on any atom is -0.392 e. The number of halogens is 4. The quantitative estimate of drug-likeness (QED) is 0.633. The highest BCUT2D eigenvalue weighted by atomic mass is 35.5. The summed E-state index contributed by atoms with van der Waals surface area (Å²) >= 11 is 23.7. The lowest BCUT2D eigenvalue weighted by Crippen LogP contribution is -1.90. The fourth-order valence-corrected chi connectivity index (χ4v) is 2.32. The van der Waals surface area contributed by atoms with E-state index in [0.29, 0.717) is 37.0 Å². The minimum atomic E-state index is -0.121. The average molecular weight is 323 g/mol. The molecule has 1 aromatic heterocycles. The number of rotatable bonds is 2. The van der Waals surface area contributed by atoms with E-state index >= 15 is 0 Å². The molecule has 2 nitrogen and oxygen atoms in total.